The minimum atomic E-state index is -1.70. The van der Waals surface area contributed by atoms with Gasteiger partial charge in [0.05, 0.1) is 5.69 Å². The van der Waals surface area contributed by atoms with Crippen molar-refractivity contribution in [3.63, 3.8) is 0 Å². The van der Waals surface area contributed by atoms with Crippen molar-refractivity contribution in [3.05, 3.63) is 41.9 Å². The summed E-state index contributed by atoms with van der Waals surface area (Å²) in [5, 5.41) is 27.2. The van der Waals surface area contributed by atoms with Crippen molar-refractivity contribution in [2.45, 2.75) is 12.7 Å². The first kappa shape index (κ1) is 14.2. The van der Waals surface area contributed by atoms with Gasteiger partial charge in [0.15, 0.2) is 6.29 Å². The third-order valence-electron chi connectivity index (χ3n) is 3.33. The zero-order valence-corrected chi connectivity index (χ0v) is 11.4. The number of anilines is 1. The Balaban J connectivity index is 1.83. The first-order chi connectivity index (χ1) is 10.5. The quantitative estimate of drug-likeness (QED) is 0.731. The monoisotopic (exact) mass is 303 g/mol. The van der Waals surface area contributed by atoms with Crippen LogP contribution in [0.2, 0.25) is 0 Å². The number of carboxylic acid groups (broad SMARTS) is 1. The largest absolute Gasteiger partial charge is 0.465 e. The predicted octanol–water partition coefficient (Wildman–Crippen LogP) is 1.29. The standard InChI is InChI=1S/C14H13N3O5/c18-13(19)10-6-12(16-7-15-10)22-9-1-2-11-8(5-9)3-4-17(11)14(20)21/h1-2,5-7,13,18-19H,3-4H2,(H,20,21). The first-order valence-electron chi connectivity index (χ1n) is 6.54. The Morgan fingerprint density at radius 3 is 2.82 bits per heavy atom. The van der Waals surface area contributed by atoms with Crippen molar-refractivity contribution in [1.29, 1.82) is 0 Å². The second kappa shape index (κ2) is 5.58. The van der Waals surface area contributed by atoms with Crippen molar-refractivity contribution in [2.75, 3.05) is 11.4 Å². The number of aliphatic hydroxyl groups is 2. The average Bonchev–Trinajstić information content (AvgIpc) is 2.90. The molecule has 22 heavy (non-hydrogen) atoms. The Kier molecular flexibility index (Phi) is 3.61. The van der Waals surface area contributed by atoms with Crippen LogP contribution in [0.1, 0.15) is 17.5 Å². The SMILES string of the molecule is O=C(O)N1CCc2cc(Oc3cc(C(O)O)ncn3)ccc21. The number of aromatic nitrogens is 2. The molecule has 1 aromatic carbocycles. The van der Waals surface area contributed by atoms with Gasteiger partial charge < -0.3 is 20.1 Å². The summed E-state index contributed by atoms with van der Waals surface area (Å²) < 4.78 is 5.55. The molecule has 0 aliphatic carbocycles. The van der Waals surface area contributed by atoms with Crippen LogP contribution in [-0.2, 0) is 6.42 Å². The second-order valence-corrected chi connectivity index (χ2v) is 4.73. The number of fused-ring (bicyclic) bond motifs is 1. The van der Waals surface area contributed by atoms with Gasteiger partial charge >= 0.3 is 6.09 Å². The zero-order valence-electron chi connectivity index (χ0n) is 11.4. The van der Waals surface area contributed by atoms with Gasteiger partial charge in [0.2, 0.25) is 5.88 Å². The van der Waals surface area contributed by atoms with E-state index in [2.05, 4.69) is 9.97 Å². The maximum atomic E-state index is 11.1. The number of nitrogens with zero attached hydrogens (tertiary/aromatic N) is 3. The molecule has 2 heterocycles. The van der Waals surface area contributed by atoms with Gasteiger partial charge in [-0.1, -0.05) is 0 Å². The van der Waals surface area contributed by atoms with E-state index < -0.39 is 12.4 Å². The van der Waals surface area contributed by atoms with Gasteiger partial charge in [-0.25, -0.2) is 14.8 Å². The van der Waals surface area contributed by atoms with Crippen LogP contribution >= 0.6 is 0 Å². The van der Waals surface area contributed by atoms with E-state index in [0.717, 1.165) is 5.56 Å². The Morgan fingerprint density at radius 1 is 1.27 bits per heavy atom. The lowest BCUT2D eigenvalue weighted by Crippen LogP contribution is -2.26. The van der Waals surface area contributed by atoms with Crippen molar-refractivity contribution in [1.82, 2.24) is 9.97 Å². The number of hydrogen-bond donors (Lipinski definition) is 3. The van der Waals surface area contributed by atoms with Gasteiger partial charge in [-0.05, 0) is 30.2 Å². The third kappa shape index (κ3) is 2.69. The summed E-state index contributed by atoms with van der Waals surface area (Å²) in [6.45, 7) is 0.419. The van der Waals surface area contributed by atoms with Gasteiger partial charge in [0, 0.05) is 12.6 Å². The molecule has 1 aromatic heterocycles. The molecule has 3 rings (SSSR count). The minimum Gasteiger partial charge on any atom is -0.465 e. The summed E-state index contributed by atoms with van der Waals surface area (Å²) >= 11 is 0. The molecule has 0 radical (unpaired) electrons. The van der Waals surface area contributed by atoms with E-state index in [1.54, 1.807) is 18.2 Å². The molecule has 8 nitrogen and oxygen atoms in total. The molecule has 3 N–H and O–H groups in total. The highest BCUT2D eigenvalue weighted by Gasteiger charge is 2.24. The summed E-state index contributed by atoms with van der Waals surface area (Å²) in [5.41, 5.74) is 1.55. The number of benzene rings is 1. The van der Waals surface area contributed by atoms with E-state index in [1.807, 2.05) is 0 Å². The number of aliphatic hydroxyl groups excluding tert-OH is 1. The highest BCUT2D eigenvalue weighted by Crippen LogP contribution is 2.32. The number of amides is 1. The summed E-state index contributed by atoms with van der Waals surface area (Å²) in [7, 11) is 0. The number of hydrogen-bond acceptors (Lipinski definition) is 6. The molecule has 1 amide bonds. The fourth-order valence-electron chi connectivity index (χ4n) is 2.31. The summed E-state index contributed by atoms with van der Waals surface area (Å²) in [6.07, 6.45) is -0.897. The van der Waals surface area contributed by atoms with Crippen LogP contribution in [0, 0.1) is 0 Å². The molecule has 1 aliphatic rings. The average molecular weight is 303 g/mol. The smallest absolute Gasteiger partial charge is 0.411 e. The van der Waals surface area contributed by atoms with E-state index >= 15 is 0 Å². The molecule has 0 atom stereocenters. The lowest BCUT2D eigenvalue weighted by Gasteiger charge is -2.13. The third-order valence-corrected chi connectivity index (χ3v) is 3.33. The van der Waals surface area contributed by atoms with Gasteiger partial charge in [-0.3, -0.25) is 4.90 Å². The van der Waals surface area contributed by atoms with Crippen molar-refractivity contribution >= 4 is 11.8 Å². The van der Waals surface area contributed by atoms with E-state index in [0.29, 0.717) is 24.4 Å². The molecule has 2 aromatic rings. The Labute approximate surface area is 125 Å². The molecule has 0 saturated carbocycles. The summed E-state index contributed by atoms with van der Waals surface area (Å²) in [5.74, 6) is 0.661. The van der Waals surface area contributed by atoms with Gasteiger partial charge in [-0.2, -0.15) is 0 Å². The molecule has 8 heteroatoms. The van der Waals surface area contributed by atoms with E-state index in [1.165, 1.54) is 17.3 Å². The molecule has 0 spiro atoms. The van der Waals surface area contributed by atoms with Crippen molar-refractivity contribution in [2.24, 2.45) is 0 Å². The van der Waals surface area contributed by atoms with Crippen LogP contribution in [0.5, 0.6) is 11.6 Å². The van der Waals surface area contributed by atoms with E-state index in [-0.39, 0.29) is 11.6 Å². The van der Waals surface area contributed by atoms with Crippen LogP contribution in [0.3, 0.4) is 0 Å². The highest BCUT2D eigenvalue weighted by molar-refractivity contribution is 5.89. The maximum Gasteiger partial charge on any atom is 0.411 e. The van der Waals surface area contributed by atoms with Gasteiger partial charge in [-0.15, -0.1) is 0 Å². The Morgan fingerprint density at radius 2 is 2.09 bits per heavy atom. The first-order valence-corrected chi connectivity index (χ1v) is 6.54. The lowest BCUT2D eigenvalue weighted by molar-refractivity contribution is -0.0460. The van der Waals surface area contributed by atoms with Crippen molar-refractivity contribution in [3.8, 4) is 11.6 Å². The zero-order chi connectivity index (χ0) is 15.7. The Bertz CT molecular complexity index is 719. The van der Waals surface area contributed by atoms with Crippen molar-refractivity contribution < 1.29 is 24.9 Å². The molecule has 0 fully saturated rings. The molecule has 0 bridgehead atoms. The predicted molar refractivity (Wildman–Crippen MR) is 74.8 cm³/mol. The Hall–Kier alpha value is -2.71. The highest BCUT2D eigenvalue weighted by atomic mass is 16.5. The summed E-state index contributed by atoms with van der Waals surface area (Å²) in [4.78, 5) is 20.0. The fraction of sp³-hybridized carbons (Fsp3) is 0.214. The van der Waals surface area contributed by atoms with Crippen LogP contribution in [-0.4, -0.2) is 37.9 Å². The van der Waals surface area contributed by atoms with Gasteiger partial charge in [0.25, 0.3) is 0 Å². The van der Waals surface area contributed by atoms with Gasteiger partial charge in [0.1, 0.15) is 17.8 Å². The van der Waals surface area contributed by atoms with Crippen LogP contribution < -0.4 is 9.64 Å². The number of ether oxygens (including phenoxy) is 1. The molecular formula is C14H13N3O5. The topological polar surface area (TPSA) is 116 Å². The molecule has 114 valence electrons. The minimum absolute atomic E-state index is 0.0308. The molecule has 0 saturated heterocycles. The number of rotatable bonds is 3. The molecule has 0 unspecified atom stereocenters. The normalized spacial score (nSPS) is 13.3. The lowest BCUT2D eigenvalue weighted by atomic mass is 10.1. The molecular weight excluding hydrogens is 290 g/mol. The fourth-order valence-corrected chi connectivity index (χ4v) is 2.31. The number of carbonyl (C=O) groups is 1. The van der Waals surface area contributed by atoms with Crippen LogP contribution in [0.15, 0.2) is 30.6 Å². The van der Waals surface area contributed by atoms with E-state index in [4.69, 9.17) is 20.1 Å². The second-order valence-electron chi connectivity index (χ2n) is 4.73. The van der Waals surface area contributed by atoms with Crippen LogP contribution in [0.25, 0.3) is 0 Å². The van der Waals surface area contributed by atoms with E-state index in [9.17, 15) is 4.79 Å². The summed E-state index contributed by atoms with van der Waals surface area (Å²) in [6, 6.07) is 6.38. The molecule has 1 aliphatic heterocycles. The maximum absolute atomic E-state index is 11.1. The van der Waals surface area contributed by atoms with Crippen LogP contribution in [0.4, 0.5) is 10.5 Å².